The first-order chi connectivity index (χ1) is 16.0. The molecule has 0 aliphatic carbocycles. The summed E-state index contributed by atoms with van der Waals surface area (Å²) >= 11 is 0. The zero-order valence-electron chi connectivity index (χ0n) is 20.0. The Kier molecular flexibility index (Phi) is 8.86. The molecule has 0 bridgehead atoms. The predicted octanol–water partition coefficient (Wildman–Crippen LogP) is 4.38. The number of rotatable bonds is 9. The van der Waals surface area contributed by atoms with Crippen molar-refractivity contribution in [2.45, 2.75) is 33.2 Å². The lowest BCUT2D eigenvalue weighted by Gasteiger charge is -2.40. The van der Waals surface area contributed by atoms with Crippen LogP contribution in [0.4, 0.5) is 10.5 Å². The molecule has 7 heteroatoms. The molecule has 0 unspecified atom stereocenters. The van der Waals surface area contributed by atoms with Crippen molar-refractivity contribution in [3.05, 3.63) is 65.2 Å². The van der Waals surface area contributed by atoms with Crippen LogP contribution in [-0.2, 0) is 0 Å². The molecule has 1 fully saturated rings. The van der Waals surface area contributed by atoms with Gasteiger partial charge in [-0.1, -0.05) is 31.2 Å². The van der Waals surface area contributed by atoms with E-state index in [-0.39, 0.29) is 11.9 Å². The fraction of sp³-hybridized carbons (Fsp3) is 0.462. The number of amides is 2. The minimum absolute atomic E-state index is 0.0121. The first-order valence-corrected chi connectivity index (χ1v) is 11.9. The van der Waals surface area contributed by atoms with Gasteiger partial charge in [-0.3, -0.25) is 15.0 Å². The number of nitrogens with zero attached hydrogens (tertiary/aromatic N) is 3. The van der Waals surface area contributed by atoms with Crippen molar-refractivity contribution < 1.29 is 14.7 Å². The molecule has 2 amide bonds. The summed E-state index contributed by atoms with van der Waals surface area (Å²) in [4.78, 5) is 30.7. The number of anilines is 1. The van der Waals surface area contributed by atoms with Crippen molar-refractivity contribution >= 4 is 17.7 Å². The Morgan fingerprint density at radius 1 is 0.970 bits per heavy atom. The average molecular weight is 453 g/mol. The van der Waals surface area contributed by atoms with Crippen LogP contribution in [0.15, 0.2) is 48.5 Å². The first kappa shape index (κ1) is 24.7. The molecule has 2 aromatic rings. The van der Waals surface area contributed by atoms with Gasteiger partial charge < -0.3 is 14.9 Å². The molecule has 0 aromatic heterocycles. The third kappa shape index (κ3) is 6.33. The summed E-state index contributed by atoms with van der Waals surface area (Å²) in [5, 5.41) is 11.6. The van der Waals surface area contributed by atoms with Crippen molar-refractivity contribution in [1.82, 2.24) is 14.7 Å². The van der Waals surface area contributed by atoms with E-state index in [0.29, 0.717) is 24.3 Å². The van der Waals surface area contributed by atoms with Crippen LogP contribution in [0.1, 0.15) is 54.7 Å². The molecular formula is C26H36N4O3. The Morgan fingerprint density at radius 2 is 1.64 bits per heavy atom. The SMILES string of the molecule is CCCN1CCN([C@H](c2ccc(C(=O)N(CC)CC)cc2)c2cccc(NC(=O)O)c2)CC1. The summed E-state index contributed by atoms with van der Waals surface area (Å²) < 4.78 is 0. The van der Waals surface area contributed by atoms with E-state index >= 15 is 0 Å². The van der Waals surface area contributed by atoms with E-state index in [9.17, 15) is 9.59 Å². The largest absolute Gasteiger partial charge is 0.465 e. The second kappa shape index (κ2) is 11.8. The zero-order valence-corrected chi connectivity index (χ0v) is 20.0. The highest BCUT2D eigenvalue weighted by Crippen LogP contribution is 2.31. The molecule has 1 aliphatic heterocycles. The molecule has 3 rings (SSSR count). The maximum absolute atomic E-state index is 12.8. The van der Waals surface area contributed by atoms with Gasteiger partial charge in [0.05, 0.1) is 6.04 Å². The molecule has 1 aliphatic rings. The van der Waals surface area contributed by atoms with E-state index in [4.69, 9.17) is 5.11 Å². The quantitative estimate of drug-likeness (QED) is 0.591. The van der Waals surface area contributed by atoms with E-state index in [1.165, 1.54) is 0 Å². The zero-order chi connectivity index (χ0) is 23.8. The van der Waals surface area contributed by atoms with Crippen LogP contribution in [0, 0.1) is 0 Å². The van der Waals surface area contributed by atoms with Crippen molar-refractivity contribution in [1.29, 1.82) is 0 Å². The Labute approximate surface area is 197 Å². The summed E-state index contributed by atoms with van der Waals surface area (Å²) in [6, 6.07) is 15.5. The second-order valence-corrected chi connectivity index (χ2v) is 8.44. The number of carbonyl (C=O) groups is 2. The monoisotopic (exact) mass is 452 g/mol. The molecule has 0 radical (unpaired) electrons. The van der Waals surface area contributed by atoms with Crippen LogP contribution in [0.25, 0.3) is 0 Å². The molecule has 1 atom stereocenters. The first-order valence-electron chi connectivity index (χ1n) is 11.9. The van der Waals surface area contributed by atoms with Crippen LogP contribution in [-0.4, -0.2) is 77.6 Å². The fourth-order valence-electron chi connectivity index (χ4n) is 4.59. The van der Waals surface area contributed by atoms with Crippen molar-refractivity contribution in [2.75, 3.05) is 51.1 Å². The molecule has 0 spiro atoms. The van der Waals surface area contributed by atoms with Gasteiger partial charge in [0.1, 0.15) is 0 Å². The molecule has 1 saturated heterocycles. The minimum Gasteiger partial charge on any atom is -0.465 e. The summed E-state index contributed by atoms with van der Waals surface area (Å²) in [5.41, 5.74) is 3.38. The van der Waals surface area contributed by atoms with Crippen LogP contribution in [0.5, 0.6) is 0 Å². The molecule has 2 N–H and O–H groups in total. The lowest BCUT2D eigenvalue weighted by molar-refractivity contribution is 0.0773. The Balaban J connectivity index is 1.91. The van der Waals surface area contributed by atoms with E-state index in [1.54, 1.807) is 6.07 Å². The average Bonchev–Trinajstić information content (AvgIpc) is 2.81. The molecule has 178 valence electrons. The molecular weight excluding hydrogens is 416 g/mol. The van der Waals surface area contributed by atoms with Gasteiger partial charge in [0, 0.05) is 50.5 Å². The molecule has 1 heterocycles. The van der Waals surface area contributed by atoms with Gasteiger partial charge in [-0.15, -0.1) is 0 Å². The minimum atomic E-state index is -1.07. The lowest BCUT2D eigenvalue weighted by Crippen LogP contribution is -2.47. The second-order valence-electron chi connectivity index (χ2n) is 8.44. The highest BCUT2D eigenvalue weighted by atomic mass is 16.4. The summed E-state index contributed by atoms with van der Waals surface area (Å²) in [6.07, 6.45) is 0.0742. The standard InChI is InChI=1S/C26H36N4O3/c1-4-14-28-15-17-30(18-16-28)24(22-8-7-9-23(19-22)27-26(32)33)20-10-12-21(13-11-20)25(31)29(5-2)6-3/h7-13,19,24,27H,4-6,14-18H2,1-3H3,(H,32,33)/t24-/m1/s1. The van der Waals surface area contributed by atoms with Gasteiger partial charge in [-0.2, -0.15) is 0 Å². The van der Waals surface area contributed by atoms with Crippen LogP contribution >= 0.6 is 0 Å². The summed E-state index contributed by atoms with van der Waals surface area (Å²) in [7, 11) is 0. The normalized spacial score (nSPS) is 15.7. The van der Waals surface area contributed by atoms with Crippen LogP contribution in [0.3, 0.4) is 0 Å². The molecule has 2 aromatic carbocycles. The Bertz CT molecular complexity index is 919. The molecule has 7 nitrogen and oxygen atoms in total. The number of carboxylic acid groups (broad SMARTS) is 1. The van der Waals surface area contributed by atoms with Crippen molar-refractivity contribution in [3.63, 3.8) is 0 Å². The maximum atomic E-state index is 12.8. The van der Waals surface area contributed by atoms with Crippen molar-refractivity contribution in [3.8, 4) is 0 Å². The van der Waals surface area contributed by atoms with E-state index in [2.05, 4.69) is 22.0 Å². The Morgan fingerprint density at radius 3 is 2.21 bits per heavy atom. The van der Waals surface area contributed by atoms with Gasteiger partial charge in [0.2, 0.25) is 0 Å². The molecule has 33 heavy (non-hydrogen) atoms. The highest BCUT2D eigenvalue weighted by molar-refractivity contribution is 5.94. The fourth-order valence-corrected chi connectivity index (χ4v) is 4.59. The number of nitrogens with one attached hydrogen (secondary N) is 1. The van der Waals surface area contributed by atoms with E-state index in [0.717, 1.165) is 50.3 Å². The van der Waals surface area contributed by atoms with E-state index < -0.39 is 6.09 Å². The topological polar surface area (TPSA) is 76.1 Å². The summed E-state index contributed by atoms with van der Waals surface area (Å²) in [6.45, 7) is 12.5. The lowest BCUT2D eigenvalue weighted by atomic mass is 9.95. The third-order valence-corrected chi connectivity index (χ3v) is 6.29. The Hall–Kier alpha value is -2.90. The number of carbonyl (C=O) groups excluding carboxylic acids is 1. The van der Waals surface area contributed by atoms with Gasteiger partial charge in [-0.25, -0.2) is 4.79 Å². The number of hydrogen-bond acceptors (Lipinski definition) is 4. The smallest absolute Gasteiger partial charge is 0.409 e. The van der Waals surface area contributed by atoms with Crippen LogP contribution in [0.2, 0.25) is 0 Å². The number of benzene rings is 2. The number of piperazine rings is 1. The van der Waals surface area contributed by atoms with E-state index in [1.807, 2.05) is 61.2 Å². The third-order valence-electron chi connectivity index (χ3n) is 6.29. The summed E-state index contributed by atoms with van der Waals surface area (Å²) in [5.74, 6) is 0.0453. The van der Waals surface area contributed by atoms with Gasteiger partial charge in [0.15, 0.2) is 0 Å². The predicted molar refractivity (Wildman–Crippen MR) is 132 cm³/mol. The van der Waals surface area contributed by atoms with Gasteiger partial charge in [0.25, 0.3) is 5.91 Å². The van der Waals surface area contributed by atoms with Crippen LogP contribution < -0.4 is 5.32 Å². The van der Waals surface area contributed by atoms with Gasteiger partial charge in [-0.05, 0) is 62.2 Å². The molecule has 0 saturated carbocycles. The number of hydrogen-bond donors (Lipinski definition) is 2. The highest BCUT2D eigenvalue weighted by Gasteiger charge is 2.27. The van der Waals surface area contributed by atoms with Gasteiger partial charge >= 0.3 is 6.09 Å². The van der Waals surface area contributed by atoms with Crippen molar-refractivity contribution in [2.24, 2.45) is 0 Å². The maximum Gasteiger partial charge on any atom is 0.409 e.